The molecule has 0 aromatic heterocycles. The van der Waals surface area contributed by atoms with Gasteiger partial charge in [0.05, 0.1) is 21.1 Å². The van der Waals surface area contributed by atoms with Crippen LogP contribution in [-0.2, 0) is 14.3 Å². The molecule has 0 saturated heterocycles. The molecule has 9 heteroatoms. The summed E-state index contributed by atoms with van der Waals surface area (Å²) in [5.74, 6) is -2.46. The van der Waals surface area contributed by atoms with Gasteiger partial charge in [-0.3, -0.25) is 9.59 Å². The third-order valence-electron chi connectivity index (χ3n) is 1.35. The van der Waals surface area contributed by atoms with Crippen molar-refractivity contribution in [3.05, 3.63) is 0 Å². The molecule has 0 radical (unpaired) electrons. The molecule has 0 unspecified atom stereocenters. The number of quaternary nitrogens is 1. The summed E-state index contributed by atoms with van der Waals surface area (Å²) in [5.41, 5.74) is 3.81. The van der Waals surface area contributed by atoms with Gasteiger partial charge in [0, 0.05) is 6.92 Å². The molecular weight excluding hydrogens is 277 g/mol. The topological polar surface area (TPSA) is 69.4 Å². The summed E-state index contributed by atoms with van der Waals surface area (Å²) in [5, 5.41) is 0. The van der Waals surface area contributed by atoms with E-state index in [1.54, 1.807) is 0 Å². The molecule has 2 N–H and O–H groups in total. The summed E-state index contributed by atoms with van der Waals surface area (Å²) in [6.45, 7) is 2.80. The summed E-state index contributed by atoms with van der Waals surface area (Å²) < 4.78 is 37.7. The lowest BCUT2D eigenvalue weighted by Crippen LogP contribution is -3.00. The fourth-order valence-corrected chi connectivity index (χ4v) is 0.463. The van der Waals surface area contributed by atoms with Gasteiger partial charge < -0.3 is 27.4 Å². The normalized spacial score (nSPS) is 10.6. The average Bonchev–Trinajstić information content (AvgIpc) is 1.99. The van der Waals surface area contributed by atoms with Crippen molar-refractivity contribution in [2.24, 2.45) is 5.73 Å². The number of halogens is 4. The van der Waals surface area contributed by atoms with E-state index in [9.17, 15) is 18.0 Å². The maximum absolute atomic E-state index is 10.7. The molecular formula is C9H18ClF3N2O3. The number of hydrogen-bond acceptors (Lipinski definition) is 3. The third kappa shape index (κ3) is 20.4. The minimum atomic E-state index is -4.86. The van der Waals surface area contributed by atoms with Crippen LogP contribution in [0.4, 0.5) is 13.2 Å². The van der Waals surface area contributed by atoms with Gasteiger partial charge in [0.2, 0.25) is 0 Å². The predicted octanol–water partition coefficient (Wildman–Crippen LogP) is -2.71. The summed E-state index contributed by atoms with van der Waals surface area (Å²) in [7, 11) is 6.18. The minimum absolute atomic E-state index is 0. The Morgan fingerprint density at radius 3 is 1.72 bits per heavy atom. The number of ether oxygens (including phenoxy) is 1. The quantitative estimate of drug-likeness (QED) is 0.455. The van der Waals surface area contributed by atoms with Crippen LogP contribution in [-0.4, -0.2) is 56.8 Å². The molecule has 0 spiro atoms. The first-order valence-corrected chi connectivity index (χ1v) is 4.66. The zero-order chi connectivity index (χ0) is 14.3. The van der Waals surface area contributed by atoms with Crippen LogP contribution in [0.25, 0.3) is 0 Å². The van der Waals surface area contributed by atoms with Crippen LogP contribution in [0, 0.1) is 0 Å². The zero-order valence-electron chi connectivity index (χ0n) is 10.7. The molecule has 0 bridgehead atoms. The lowest BCUT2D eigenvalue weighted by molar-refractivity contribution is -0.870. The molecule has 0 aliphatic rings. The maximum Gasteiger partial charge on any atom is 0.470 e. The molecule has 0 saturated carbocycles. The fourth-order valence-electron chi connectivity index (χ4n) is 0.463. The Hall–Kier alpha value is -1.02. The lowest BCUT2D eigenvalue weighted by Gasteiger charge is -2.23. The van der Waals surface area contributed by atoms with E-state index in [1.165, 1.54) is 6.92 Å². The SMILES string of the molecule is CC(=O)OCC[N+](C)(C)C.NC(=O)C(F)(F)F.[Cl-]. The molecule has 1 amide bonds. The molecule has 18 heavy (non-hydrogen) atoms. The Morgan fingerprint density at radius 2 is 1.56 bits per heavy atom. The maximum atomic E-state index is 10.7. The molecule has 0 aliphatic carbocycles. The van der Waals surface area contributed by atoms with Gasteiger partial charge in [-0.15, -0.1) is 0 Å². The average molecular weight is 295 g/mol. The van der Waals surface area contributed by atoms with Crippen molar-refractivity contribution in [2.45, 2.75) is 13.1 Å². The lowest BCUT2D eigenvalue weighted by atomic mass is 10.5. The van der Waals surface area contributed by atoms with E-state index in [2.05, 4.69) is 26.9 Å². The fraction of sp³-hybridized carbons (Fsp3) is 0.778. The molecule has 0 aromatic rings. The van der Waals surface area contributed by atoms with Gasteiger partial charge in [0.25, 0.3) is 0 Å². The predicted molar refractivity (Wildman–Crippen MR) is 54.8 cm³/mol. The molecule has 0 atom stereocenters. The molecule has 0 fully saturated rings. The van der Waals surface area contributed by atoms with Crippen molar-refractivity contribution in [3.8, 4) is 0 Å². The van der Waals surface area contributed by atoms with E-state index in [0.29, 0.717) is 6.61 Å². The number of amides is 1. The van der Waals surface area contributed by atoms with Crippen LogP contribution in [0.5, 0.6) is 0 Å². The van der Waals surface area contributed by atoms with Crippen molar-refractivity contribution in [3.63, 3.8) is 0 Å². The van der Waals surface area contributed by atoms with E-state index in [-0.39, 0.29) is 18.4 Å². The zero-order valence-corrected chi connectivity index (χ0v) is 11.4. The monoisotopic (exact) mass is 294 g/mol. The summed E-state index contributed by atoms with van der Waals surface area (Å²) in [4.78, 5) is 19.4. The van der Waals surface area contributed by atoms with Crippen LogP contribution in [0.15, 0.2) is 0 Å². The van der Waals surface area contributed by atoms with Gasteiger partial charge >= 0.3 is 18.1 Å². The van der Waals surface area contributed by atoms with Gasteiger partial charge in [-0.05, 0) is 0 Å². The molecule has 5 nitrogen and oxygen atoms in total. The highest BCUT2D eigenvalue weighted by Gasteiger charge is 2.35. The summed E-state index contributed by atoms with van der Waals surface area (Å²) >= 11 is 0. The number of carbonyl (C=O) groups is 2. The highest BCUT2D eigenvalue weighted by Crippen LogP contribution is 2.11. The van der Waals surface area contributed by atoms with Crippen LogP contribution in [0.2, 0.25) is 0 Å². The second-order valence-electron chi connectivity index (χ2n) is 4.22. The van der Waals surface area contributed by atoms with Gasteiger partial charge in [0.15, 0.2) is 0 Å². The van der Waals surface area contributed by atoms with Crippen LogP contribution >= 0.6 is 0 Å². The molecule has 0 heterocycles. The molecule has 0 aromatic carbocycles. The smallest absolute Gasteiger partial charge is 0.470 e. The number of likely N-dealkylation sites (N-methyl/N-ethyl adjacent to an activating group) is 1. The minimum Gasteiger partial charge on any atom is -1.00 e. The largest absolute Gasteiger partial charge is 1.00 e. The first kappa shape index (κ1) is 22.2. The van der Waals surface area contributed by atoms with Crippen molar-refractivity contribution in [1.82, 2.24) is 0 Å². The van der Waals surface area contributed by atoms with E-state index in [0.717, 1.165) is 11.0 Å². The number of primary amides is 1. The second-order valence-corrected chi connectivity index (χ2v) is 4.22. The second kappa shape index (κ2) is 8.98. The van der Waals surface area contributed by atoms with Crippen LogP contribution in [0.1, 0.15) is 6.92 Å². The Morgan fingerprint density at radius 1 is 1.22 bits per heavy atom. The number of nitrogens with zero attached hydrogens (tertiary/aromatic N) is 1. The molecule has 0 aliphatic heterocycles. The number of hydrogen-bond donors (Lipinski definition) is 1. The van der Waals surface area contributed by atoms with Gasteiger partial charge in [-0.2, -0.15) is 13.2 Å². The molecule has 110 valence electrons. The van der Waals surface area contributed by atoms with E-state index < -0.39 is 12.1 Å². The highest BCUT2D eigenvalue weighted by molar-refractivity contribution is 5.79. The molecule has 0 rings (SSSR count). The van der Waals surface area contributed by atoms with Crippen LogP contribution < -0.4 is 18.1 Å². The highest BCUT2D eigenvalue weighted by atomic mass is 35.5. The van der Waals surface area contributed by atoms with Gasteiger partial charge in [-0.1, -0.05) is 0 Å². The first-order chi connectivity index (χ1) is 7.36. The number of rotatable bonds is 3. The van der Waals surface area contributed by atoms with E-state index in [1.807, 2.05) is 0 Å². The Bertz CT molecular complexity index is 265. The first-order valence-electron chi connectivity index (χ1n) is 4.66. The van der Waals surface area contributed by atoms with Gasteiger partial charge in [-0.25, -0.2) is 0 Å². The summed E-state index contributed by atoms with van der Waals surface area (Å²) in [6.07, 6.45) is -4.86. The number of carbonyl (C=O) groups excluding carboxylic acids is 2. The standard InChI is InChI=1S/C7H16NO2.C2H2F3NO.ClH/c1-7(9)10-6-5-8(2,3)4;3-2(4,5)1(6)7;/h5-6H2,1-4H3;(H2,6,7);1H/q+1;;/p-1. The Balaban J connectivity index is -0.000000251. The number of alkyl halides is 3. The van der Waals surface area contributed by atoms with Crippen molar-refractivity contribution < 1.29 is 44.4 Å². The van der Waals surface area contributed by atoms with Crippen molar-refractivity contribution >= 4 is 11.9 Å². The van der Waals surface area contributed by atoms with Crippen molar-refractivity contribution in [2.75, 3.05) is 34.3 Å². The van der Waals surface area contributed by atoms with Crippen LogP contribution in [0.3, 0.4) is 0 Å². The summed E-state index contributed by atoms with van der Waals surface area (Å²) in [6, 6.07) is 0. The van der Waals surface area contributed by atoms with Gasteiger partial charge in [0.1, 0.15) is 13.2 Å². The van der Waals surface area contributed by atoms with E-state index in [4.69, 9.17) is 9.53 Å². The Kier molecular flexibility index (Phi) is 11.1. The third-order valence-corrected chi connectivity index (χ3v) is 1.35. The number of esters is 1. The number of nitrogens with two attached hydrogens (primary N) is 1. The van der Waals surface area contributed by atoms with E-state index >= 15 is 0 Å². The Labute approximate surface area is 110 Å². The van der Waals surface area contributed by atoms with Crippen molar-refractivity contribution in [1.29, 1.82) is 0 Å².